The lowest BCUT2D eigenvalue weighted by molar-refractivity contribution is -0.118. The zero-order chi connectivity index (χ0) is 18.2. The summed E-state index contributed by atoms with van der Waals surface area (Å²) in [7, 11) is 0. The topological polar surface area (TPSA) is 32.3 Å². The molecule has 0 radical (unpaired) electrons. The molecule has 3 nitrogen and oxygen atoms in total. The lowest BCUT2D eigenvalue weighted by atomic mass is 10.0. The van der Waals surface area contributed by atoms with Gasteiger partial charge in [-0.2, -0.15) is 0 Å². The summed E-state index contributed by atoms with van der Waals surface area (Å²) >= 11 is 1.67. The molecular formula is C22H28N2OS. The van der Waals surface area contributed by atoms with Crippen LogP contribution in [0.25, 0.3) is 0 Å². The summed E-state index contributed by atoms with van der Waals surface area (Å²) in [6, 6.07) is 17.2. The SMILES string of the molecule is Cc1ccc(CSCC(=O)NCCCN2CCCc3ccccc32)cc1. The van der Waals surface area contributed by atoms with E-state index in [0.717, 1.165) is 31.8 Å². The van der Waals surface area contributed by atoms with Crippen molar-refractivity contribution >= 4 is 23.4 Å². The minimum absolute atomic E-state index is 0.140. The zero-order valence-corrected chi connectivity index (χ0v) is 16.4. The van der Waals surface area contributed by atoms with E-state index in [4.69, 9.17) is 0 Å². The van der Waals surface area contributed by atoms with Crippen LogP contribution in [0.3, 0.4) is 0 Å². The van der Waals surface area contributed by atoms with E-state index in [2.05, 4.69) is 65.7 Å². The average Bonchev–Trinajstić information content (AvgIpc) is 2.67. The lowest BCUT2D eigenvalue weighted by Crippen LogP contribution is -2.33. The molecule has 0 saturated heterocycles. The number of nitrogens with one attached hydrogen (secondary N) is 1. The first-order valence-corrected chi connectivity index (χ1v) is 10.6. The monoisotopic (exact) mass is 368 g/mol. The molecule has 0 atom stereocenters. The Morgan fingerprint density at radius 2 is 1.96 bits per heavy atom. The van der Waals surface area contributed by atoms with E-state index in [1.165, 1.54) is 35.2 Å². The van der Waals surface area contributed by atoms with Gasteiger partial charge in [-0.25, -0.2) is 0 Å². The molecule has 0 bridgehead atoms. The van der Waals surface area contributed by atoms with Gasteiger partial charge in [-0.05, 0) is 43.4 Å². The van der Waals surface area contributed by atoms with Gasteiger partial charge in [-0.15, -0.1) is 11.8 Å². The van der Waals surface area contributed by atoms with Gasteiger partial charge in [-0.3, -0.25) is 4.79 Å². The van der Waals surface area contributed by atoms with Crippen molar-refractivity contribution in [3.63, 3.8) is 0 Å². The smallest absolute Gasteiger partial charge is 0.230 e. The normalized spacial score (nSPS) is 13.3. The number of aryl methyl sites for hydroxylation is 2. The molecule has 1 N–H and O–H groups in total. The van der Waals surface area contributed by atoms with Crippen LogP contribution in [-0.2, 0) is 17.0 Å². The van der Waals surface area contributed by atoms with E-state index < -0.39 is 0 Å². The molecule has 4 heteroatoms. The molecule has 1 aliphatic rings. The fourth-order valence-electron chi connectivity index (χ4n) is 3.34. The second-order valence-electron chi connectivity index (χ2n) is 6.90. The van der Waals surface area contributed by atoms with Gasteiger partial charge in [-0.1, -0.05) is 48.0 Å². The standard InChI is InChI=1S/C22H28N2OS/c1-18-9-11-19(12-10-18)16-26-17-22(25)23-13-5-15-24-14-4-7-20-6-2-3-8-21(20)24/h2-3,6,8-12H,4-5,7,13-17H2,1H3,(H,23,25). The highest BCUT2D eigenvalue weighted by Crippen LogP contribution is 2.26. The molecule has 0 saturated carbocycles. The molecule has 0 fully saturated rings. The Morgan fingerprint density at radius 1 is 1.15 bits per heavy atom. The lowest BCUT2D eigenvalue weighted by Gasteiger charge is -2.31. The number of nitrogens with zero attached hydrogens (tertiary/aromatic N) is 1. The highest BCUT2D eigenvalue weighted by molar-refractivity contribution is 7.99. The first-order chi connectivity index (χ1) is 12.7. The minimum Gasteiger partial charge on any atom is -0.371 e. The maximum atomic E-state index is 12.0. The molecule has 2 aromatic rings. The minimum atomic E-state index is 0.140. The molecule has 0 unspecified atom stereocenters. The Morgan fingerprint density at radius 3 is 2.81 bits per heavy atom. The number of benzene rings is 2. The van der Waals surface area contributed by atoms with Crippen LogP contribution in [0, 0.1) is 6.92 Å². The molecular weight excluding hydrogens is 340 g/mol. The highest BCUT2D eigenvalue weighted by atomic mass is 32.2. The van der Waals surface area contributed by atoms with Crippen LogP contribution < -0.4 is 10.2 Å². The van der Waals surface area contributed by atoms with Crippen molar-refractivity contribution in [2.24, 2.45) is 0 Å². The first-order valence-electron chi connectivity index (χ1n) is 9.45. The van der Waals surface area contributed by atoms with Gasteiger partial charge in [0.1, 0.15) is 0 Å². The molecule has 1 amide bonds. The van der Waals surface area contributed by atoms with Crippen molar-refractivity contribution in [1.29, 1.82) is 0 Å². The summed E-state index contributed by atoms with van der Waals surface area (Å²) in [6.07, 6.45) is 3.39. The number of anilines is 1. The maximum Gasteiger partial charge on any atom is 0.230 e. The van der Waals surface area contributed by atoms with E-state index in [1.54, 1.807) is 11.8 Å². The molecule has 138 valence electrons. The van der Waals surface area contributed by atoms with Gasteiger partial charge in [0.05, 0.1) is 5.75 Å². The third-order valence-corrected chi connectivity index (χ3v) is 5.76. The third-order valence-electron chi connectivity index (χ3n) is 4.76. The number of hydrogen-bond acceptors (Lipinski definition) is 3. The zero-order valence-electron chi connectivity index (χ0n) is 15.5. The average molecular weight is 369 g/mol. The molecule has 1 heterocycles. The van der Waals surface area contributed by atoms with Crippen molar-refractivity contribution < 1.29 is 4.79 Å². The summed E-state index contributed by atoms with van der Waals surface area (Å²) < 4.78 is 0. The van der Waals surface area contributed by atoms with Gasteiger partial charge in [0.15, 0.2) is 0 Å². The number of carbonyl (C=O) groups excluding carboxylic acids is 1. The molecule has 0 spiro atoms. The predicted octanol–water partition coefficient (Wildman–Crippen LogP) is 4.19. The largest absolute Gasteiger partial charge is 0.371 e. The third kappa shape index (κ3) is 5.53. The Balaban J connectivity index is 1.31. The number of rotatable bonds is 8. The van der Waals surface area contributed by atoms with Crippen LogP contribution in [-0.4, -0.2) is 31.3 Å². The summed E-state index contributed by atoms with van der Waals surface area (Å²) in [5.74, 6) is 1.56. The first kappa shape index (κ1) is 18.8. The number of thioether (sulfide) groups is 1. The van der Waals surface area contributed by atoms with Gasteiger partial charge in [0.2, 0.25) is 5.91 Å². The van der Waals surface area contributed by atoms with Crippen LogP contribution >= 0.6 is 11.8 Å². The van der Waals surface area contributed by atoms with Gasteiger partial charge in [0, 0.05) is 31.1 Å². The summed E-state index contributed by atoms with van der Waals surface area (Å²) in [4.78, 5) is 14.4. The maximum absolute atomic E-state index is 12.0. The summed E-state index contributed by atoms with van der Waals surface area (Å²) in [5, 5.41) is 3.06. The van der Waals surface area contributed by atoms with Crippen LogP contribution in [0.15, 0.2) is 48.5 Å². The summed E-state index contributed by atoms with van der Waals surface area (Å²) in [5.41, 5.74) is 5.37. The highest BCUT2D eigenvalue weighted by Gasteiger charge is 2.15. The van der Waals surface area contributed by atoms with Crippen LogP contribution in [0.2, 0.25) is 0 Å². The Bertz CT molecular complexity index is 714. The van der Waals surface area contributed by atoms with Crippen LogP contribution in [0.1, 0.15) is 29.5 Å². The quantitative estimate of drug-likeness (QED) is 0.709. The number of hydrogen-bond donors (Lipinski definition) is 1. The van der Waals surface area contributed by atoms with Crippen LogP contribution in [0.4, 0.5) is 5.69 Å². The number of amides is 1. The van der Waals surface area contributed by atoms with Crippen molar-refractivity contribution in [2.75, 3.05) is 30.3 Å². The van der Waals surface area contributed by atoms with Crippen molar-refractivity contribution in [3.05, 3.63) is 65.2 Å². The second-order valence-corrected chi connectivity index (χ2v) is 7.89. The predicted molar refractivity (Wildman–Crippen MR) is 112 cm³/mol. The number of carbonyl (C=O) groups is 1. The van der Waals surface area contributed by atoms with Gasteiger partial charge in [0.25, 0.3) is 0 Å². The summed E-state index contributed by atoms with van der Waals surface area (Å²) in [6.45, 7) is 4.97. The molecule has 0 aromatic heterocycles. The molecule has 1 aliphatic heterocycles. The van der Waals surface area contributed by atoms with E-state index in [-0.39, 0.29) is 5.91 Å². The van der Waals surface area contributed by atoms with E-state index >= 15 is 0 Å². The number of para-hydroxylation sites is 1. The fraction of sp³-hybridized carbons (Fsp3) is 0.409. The molecule has 26 heavy (non-hydrogen) atoms. The Labute approximate surface area is 161 Å². The van der Waals surface area contributed by atoms with E-state index in [9.17, 15) is 4.79 Å². The Hall–Kier alpha value is -1.94. The molecule has 0 aliphatic carbocycles. The molecule has 2 aromatic carbocycles. The second kappa shape index (κ2) is 9.67. The molecule has 3 rings (SSSR count). The van der Waals surface area contributed by atoms with E-state index in [1.807, 2.05) is 0 Å². The van der Waals surface area contributed by atoms with Crippen molar-refractivity contribution in [2.45, 2.75) is 31.9 Å². The fourth-order valence-corrected chi connectivity index (χ4v) is 4.16. The Kier molecular flexibility index (Phi) is 7.01. The number of fused-ring (bicyclic) bond motifs is 1. The van der Waals surface area contributed by atoms with Crippen molar-refractivity contribution in [1.82, 2.24) is 5.32 Å². The van der Waals surface area contributed by atoms with Gasteiger partial charge < -0.3 is 10.2 Å². The van der Waals surface area contributed by atoms with E-state index in [0.29, 0.717) is 5.75 Å². The van der Waals surface area contributed by atoms with Crippen molar-refractivity contribution in [3.8, 4) is 0 Å². The van der Waals surface area contributed by atoms with Crippen LogP contribution in [0.5, 0.6) is 0 Å². The van der Waals surface area contributed by atoms with Gasteiger partial charge >= 0.3 is 0 Å².